The van der Waals surface area contributed by atoms with Crippen LogP contribution in [0.25, 0.3) is 11.6 Å². The lowest BCUT2D eigenvalue weighted by atomic mass is 9.62. The van der Waals surface area contributed by atoms with E-state index in [0.717, 1.165) is 50.1 Å². The molecule has 17 heteroatoms. The van der Waals surface area contributed by atoms with E-state index in [1.807, 2.05) is 90.1 Å². The number of aromatic amines is 2. The molecule has 2 saturated carbocycles. The van der Waals surface area contributed by atoms with Crippen LogP contribution >= 0.6 is 0 Å². The Morgan fingerprint density at radius 2 is 0.844 bits per heavy atom. The smallest absolute Gasteiger partial charge is 0.276 e. The number of H-pyrrole nitrogens is 2. The molecule has 0 saturated heterocycles. The van der Waals surface area contributed by atoms with E-state index in [1.165, 1.54) is 9.36 Å². The molecule has 6 aromatic rings. The third kappa shape index (κ3) is 12.7. The van der Waals surface area contributed by atoms with Gasteiger partial charge < -0.3 is 44.4 Å². The van der Waals surface area contributed by atoms with Gasteiger partial charge >= 0.3 is 0 Å². The monoisotopic (exact) mass is 1050 g/mol. The summed E-state index contributed by atoms with van der Waals surface area (Å²) in [5, 5.41) is 62.0. The van der Waals surface area contributed by atoms with Crippen LogP contribution in [0.5, 0.6) is 0 Å². The minimum atomic E-state index is -1.26. The summed E-state index contributed by atoms with van der Waals surface area (Å²) in [5.74, 6) is -2.64. The number of pyridine rings is 2. The van der Waals surface area contributed by atoms with Crippen LogP contribution in [-0.2, 0) is 25.0 Å². The zero-order valence-corrected chi connectivity index (χ0v) is 46.1. The molecule has 2 aliphatic carbocycles. The highest BCUT2D eigenvalue weighted by Gasteiger charge is 2.45. The predicted molar refractivity (Wildman–Crippen MR) is 291 cm³/mol. The minimum absolute atomic E-state index is 0.270. The fraction of sp³-hybridized carbons (Fsp3) is 0.533. The Morgan fingerprint density at radius 1 is 0.494 bits per heavy atom. The van der Waals surface area contributed by atoms with E-state index >= 15 is 0 Å². The van der Waals surface area contributed by atoms with Gasteiger partial charge in [-0.2, -0.15) is 0 Å². The highest BCUT2D eigenvalue weighted by molar-refractivity contribution is 5.51. The first-order chi connectivity index (χ1) is 37.0. The molecule has 0 spiro atoms. The Morgan fingerprint density at radius 3 is 1.16 bits per heavy atom. The Balaban J connectivity index is 0.760. The van der Waals surface area contributed by atoms with Gasteiger partial charge in [0.05, 0.1) is 39.6 Å². The molecule has 0 bridgehead atoms. The largest absolute Gasteiger partial charge is 0.851 e. The molecular weight excluding hydrogens is 977 g/mol. The number of nitrogens with one attached hydrogen (secondary N) is 2. The summed E-state index contributed by atoms with van der Waals surface area (Å²) in [5.41, 5.74) is 3.27. The number of hydrogen-bond acceptors (Lipinski definition) is 13. The zero-order valence-electron chi connectivity index (χ0n) is 46.1. The number of rotatable bonds is 26. The average molecular weight is 1060 g/mol. The Labute approximate surface area is 452 Å². The molecule has 4 atom stereocenters. The number of benzene rings is 2. The molecule has 2 N–H and O–H groups in total. The Kier molecular flexibility index (Phi) is 18.8. The molecule has 0 aliphatic heterocycles. The SMILES string of the molecule is CCCCN(CCOCCOCCOCCN(CCCC)c1ccc(C2C([O-])C(c3c(C(C)(C)C)[nH]n(-c4ccccn4)c3=O)C2[O-])cc1)c1ccc(C2C([O-])C(c3c(C(C)(C)C)[nH]n(-c4ccccn4)c3=O)C2[O-])cc1. The summed E-state index contributed by atoms with van der Waals surface area (Å²) >= 11 is 0. The zero-order chi connectivity index (χ0) is 55.0. The first-order valence-electron chi connectivity index (χ1n) is 27.6. The summed E-state index contributed by atoms with van der Waals surface area (Å²) in [6, 6.07) is 26.0. The molecule has 0 radical (unpaired) electrons. The maximum absolute atomic E-state index is 13.9. The van der Waals surface area contributed by atoms with Gasteiger partial charge in [0.15, 0.2) is 11.6 Å². The highest BCUT2D eigenvalue weighted by atomic mass is 16.5. The summed E-state index contributed by atoms with van der Waals surface area (Å²) in [4.78, 5) is 40.7. The number of hydrogen-bond donors (Lipinski definition) is 2. The van der Waals surface area contributed by atoms with E-state index < -0.39 is 70.0 Å². The standard InChI is InChI=1S/C60H78N8O9/c1-9-11-29-65(41-23-19-39(20-24-41)45-51(69)47(52(45)70)49-55(59(3,4)5)63-67(57(49)73)43-17-13-15-27-61-43)31-33-75-35-37-77-38-36-76-34-32-66(30-12-10-2)42-25-21-40(22-26-42)46-53(71)48(54(46)72)50-56(60(6,7)8)64-68(58(50)74)44-18-14-16-28-62-44/h13-28,45-48,51-54,63-64H,9-12,29-38H2,1-8H3/q-4. The number of ether oxygens (including phenoxy) is 3. The molecule has 416 valence electrons. The van der Waals surface area contributed by atoms with E-state index in [-0.39, 0.29) is 11.1 Å². The predicted octanol–water partition coefficient (Wildman–Crippen LogP) is 4.67. The van der Waals surface area contributed by atoms with Crippen molar-refractivity contribution in [2.75, 3.05) is 75.6 Å². The van der Waals surface area contributed by atoms with Crippen molar-refractivity contribution in [3.05, 3.63) is 152 Å². The van der Waals surface area contributed by atoms with Crippen molar-refractivity contribution >= 4 is 11.4 Å². The van der Waals surface area contributed by atoms with Crippen LogP contribution in [0.4, 0.5) is 11.4 Å². The van der Waals surface area contributed by atoms with E-state index in [0.29, 0.717) is 86.9 Å². The molecule has 2 aliphatic rings. The van der Waals surface area contributed by atoms with E-state index in [4.69, 9.17) is 14.2 Å². The quantitative estimate of drug-likeness (QED) is 0.0706. The van der Waals surface area contributed by atoms with Gasteiger partial charge in [-0.3, -0.25) is 19.8 Å². The van der Waals surface area contributed by atoms with Gasteiger partial charge in [-0.05, 0) is 96.2 Å². The first kappa shape index (κ1) is 57.3. The van der Waals surface area contributed by atoms with E-state index in [2.05, 4.69) is 43.8 Å². The van der Waals surface area contributed by atoms with Gasteiger partial charge in [0.1, 0.15) is 0 Å². The van der Waals surface area contributed by atoms with Crippen molar-refractivity contribution in [3.8, 4) is 11.6 Å². The van der Waals surface area contributed by atoms with Gasteiger partial charge in [0.2, 0.25) is 0 Å². The Bertz CT molecular complexity index is 2690. The number of anilines is 2. The normalized spacial score (nSPS) is 21.5. The summed E-state index contributed by atoms with van der Waals surface area (Å²) in [7, 11) is 0. The van der Waals surface area contributed by atoms with Crippen LogP contribution in [0.15, 0.2) is 107 Å². The molecule has 2 fully saturated rings. The first-order valence-corrected chi connectivity index (χ1v) is 27.6. The molecule has 2 aromatic carbocycles. The second kappa shape index (κ2) is 25.3. The maximum Gasteiger partial charge on any atom is 0.276 e. The second-order valence-electron chi connectivity index (χ2n) is 22.6. The summed E-state index contributed by atoms with van der Waals surface area (Å²) in [6.45, 7) is 21.7. The van der Waals surface area contributed by atoms with Crippen molar-refractivity contribution in [3.63, 3.8) is 0 Å². The molecule has 4 aromatic heterocycles. The number of nitrogens with zero attached hydrogens (tertiary/aromatic N) is 6. The van der Waals surface area contributed by atoms with Crippen LogP contribution in [-0.4, -0.2) is 120 Å². The van der Waals surface area contributed by atoms with Gasteiger partial charge in [-0.1, -0.05) is 105 Å². The lowest BCUT2D eigenvalue weighted by Gasteiger charge is -2.61. The molecule has 4 heterocycles. The second-order valence-corrected chi connectivity index (χ2v) is 22.6. The third-order valence-electron chi connectivity index (χ3n) is 15.2. The highest BCUT2D eigenvalue weighted by Crippen LogP contribution is 2.48. The summed E-state index contributed by atoms with van der Waals surface area (Å²) in [6.07, 6.45) is 2.19. The Hall–Kier alpha value is -5.92. The van der Waals surface area contributed by atoms with Crippen LogP contribution in [0, 0.1) is 0 Å². The van der Waals surface area contributed by atoms with Crippen molar-refractivity contribution in [1.82, 2.24) is 29.5 Å². The van der Waals surface area contributed by atoms with Crippen LogP contribution in [0.2, 0.25) is 0 Å². The van der Waals surface area contributed by atoms with Gasteiger partial charge in [-0.15, -0.1) is 24.4 Å². The summed E-state index contributed by atoms with van der Waals surface area (Å²) < 4.78 is 20.5. The topological polar surface area (TPSA) is 228 Å². The fourth-order valence-corrected chi connectivity index (χ4v) is 10.9. The fourth-order valence-electron chi connectivity index (χ4n) is 10.9. The third-order valence-corrected chi connectivity index (χ3v) is 15.2. The minimum Gasteiger partial charge on any atom is -0.851 e. The van der Waals surface area contributed by atoms with Gasteiger partial charge in [0.25, 0.3) is 11.1 Å². The molecule has 4 unspecified atom stereocenters. The van der Waals surface area contributed by atoms with Crippen molar-refractivity contribution < 1.29 is 34.6 Å². The molecule has 8 rings (SSSR count). The van der Waals surface area contributed by atoms with E-state index in [9.17, 15) is 30.0 Å². The van der Waals surface area contributed by atoms with Crippen LogP contribution in [0.1, 0.15) is 138 Å². The number of aromatic nitrogens is 6. The van der Waals surface area contributed by atoms with Crippen molar-refractivity contribution in [2.45, 2.75) is 140 Å². The van der Waals surface area contributed by atoms with Crippen LogP contribution in [0.3, 0.4) is 0 Å². The van der Waals surface area contributed by atoms with E-state index in [1.54, 1.807) is 48.8 Å². The number of unbranched alkanes of at least 4 members (excludes halogenated alkanes) is 2. The molecular formula is C60H78N8O9-4. The molecule has 17 nitrogen and oxygen atoms in total. The van der Waals surface area contributed by atoms with Gasteiger partial charge in [0, 0.05) is 83.3 Å². The molecule has 77 heavy (non-hydrogen) atoms. The van der Waals surface area contributed by atoms with Crippen molar-refractivity contribution in [2.24, 2.45) is 0 Å². The van der Waals surface area contributed by atoms with Crippen LogP contribution < -0.4 is 41.3 Å². The lowest BCUT2D eigenvalue weighted by molar-refractivity contribution is -0.537. The van der Waals surface area contributed by atoms with Gasteiger partial charge in [-0.25, -0.2) is 19.3 Å². The maximum atomic E-state index is 13.9. The lowest BCUT2D eigenvalue weighted by Crippen LogP contribution is -2.64. The van der Waals surface area contributed by atoms with Crippen molar-refractivity contribution in [1.29, 1.82) is 0 Å². The molecule has 0 amide bonds. The average Bonchev–Trinajstić information content (AvgIpc) is 4.05.